The van der Waals surface area contributed by atoms with Gasteiger partial charge < -0.3 is 108 Å². The summed E-state index contributed by atoms with van der Waals surface area (Å²) in [4.78, 5) is 152. The number of aliphatic imine (C=N–C) groups is 1. The number of carbonyl (C=O) groups excluding carboxylic acids is 10. The number of hydrogen-bond acceptors (Lipinski definition) is 23. The predicted octanol–water partition coefficient (Wildman–Crippen LogP) is -5.52. The van der Waals surface area contributed by atoms with Crippen LogP contribution in [0.3, 0.4) is 0 Å². The molecule has 32 heteroatoms. The summed E-state index contributed by atoms with van der Waals surface area (Å²) >= 11 is 0. The number of hydrogen-bond donors (Lipinski definition) is 19. The lowest BCUT2D eigenvalue weighted by atomic mass is 9.90. The Labute approximate surface area is 532 Å². The van der Waals surface area contributed by atoms with Crippen molar-refractivity contribution in [3.05, 3.63) is 30.0 Å². The molecule has 0 aliphatic carbocycles. The van der Waals surface area contributed by atoms with Gasteiger partial charge in [0.2, 0.25) is 35.4 Å². The molecule has 91 heavy (non-hydrogen) atoms. The predicted molar refractivity (Wildman–Crippen MR) is 338 cm³/mol. The summed E-state index contributed by atoms with van der Waals surface area (Å²) in [6.45, 7) is 1.68. The average Bonchev–Trinajstić information content (AvgIpc) is 3.17. The highest BCUT2D eigenvalue weighted by atomic mass is 16.3. The van der Waals surface area contributed by atoms with Crippen LogP contribution >= 0.6 is 0 Å². The minimum atomic E-state index is -1.69. The Balaban J connectivity index is 2.42. The number of nitrogens with two attached hydrogens (primary N) is 9. The van der Waals surface area contributed by atoms with E-state index in [1.807, 2.05) is 6.92 Å². The van der Waals surface area contributed by atoms with E-state index in [0.717, 1.165) is 12.8 Å². The number of unbranched alkanes of at least 4 members (excludes halogenated alkanes) is 3. The number of Topliss-reactive ketones (excluding diaryl/α,β-unsaturated/α-hetero) is 4. The number of aromatic amines is 1. The quantitative estimate of drug-likeness (QED) is 0.0125. The summed E-state index contributed by atoms with van der Waals surface area (Å²) in [6, 6.07) is -6.47. The van der Waals surface area contributed by atoms with Gasteiger partial charge in [0.05, 0.1) is 54.4 Å². The number of rotatable bonds is 50. The monoisotopic (exact) mass is 1290 g/mol. The molecule has 0 spiro atoms. The van der Waals surface area contributed by atoms with E-state index >= 15 is 0 Å². The van der Waals surface area contributed by atoms with Gasteiger partial charge in [0.25, 0.3) is 0 Å². The van der Waals surface area contributed by atoms with E-state index in [2.05, 4.69) is 41.5 Å². The van der Waals surface area contributed by atoms with Crippen LogP contribution in [0.2, 0.25) is 0 Å². The van der Waals surface area contributed by atoms with Crippen LogP contribution in [0.25, 0.3) is 0 Å². The molecule has 1 aromatic rings. The van der Waals surface area contributed by atoms with Gasteiger partial charge >= 0.3 is 0 Å². The van der Waals surface area contributed by atoms with E-state index in [0.29, 0.717) is 44.5 Å². The van der Waals surface area contributed by atoms with Gasteiger partial charge in [0.15, 0.2) is 23.3 Å². The van der Waals surface area contributed by atoms with Crippen molar-refractivity contribution in [2.45, 2.75) is 196 Å². The number of aliphatic hydroxyl groups is 4. The average molecular weight is 1290 g/mol. The number of amides is 6. The minimum absolute atomic E-state index is 0.000653. The maximum absolute atomic E-state index is 14.7. The number of carbonyl (C=O) groups is 10. The fraction of sp³-hybridized carbons (Fsp3) is 0.729. The molecule has 0 aromatic carbocycles. The molecular weight excluding hydrogens is 1180 g/mol. The summed E-state index contributed by atoms with van der Waals surface area (Å²) in [5.41, 5.74) is 51.4. The molecule has 0 radical (unpaired) electrons. The third kappa shape index (κ3) is 30.1. The normalized spacial score (nSPS) is 16.9. The molecule has 0 bridgehead atoms. The number of allylic oxidation sites excluding steroid dienone is 1. The highest BCUT2D eigenvalue weighted by Gasteiger charge is 2.41. The topological polar surface area (TPSA) is 590 Å². The second kappa shape index (κ2) is 44.7. The van der Waals surface area contributed by atoms with Crippen LogP contribution in [0.15, 0.2) is 29.3 Å². The van der Waals surface area contributed by atoms with E-state index in [1.165, 1.54) is 23.5 Å². The Hall–Kier alpha value is -6.72. The molecule has 2 rings (SSSR count). The van der Waals surface area contributed by atoms with Crippen molar-refractivity contribution >= 4 is 64.5 Å². The molecule has 2 heterocycles. The van der Waals surface area contributed by atoms with Crippen molar-refractivity contribution in [1.29, 1.82) is 0 Å². The molecule has 1 aliphatic heterocycles. The Morgan fingerprint density at radius 3 is 1.96 bits per heavy atom. The first-order valence-electron chi connectivity index (χ1n) is 31.7. The lowest BCUT2D eigenvalue weighted by molar-refractivity contribution is -0.142. The second-order valence-corrected chi connectivity index (χ2v) is 23.1. The van der Waals surface area contributed by atoms with Crippen LogP contribution in [0.5, 0.6) is 0 Å². The van der Waals surface area contributed by atoms with E-state index in [1.54, 1.807) is 0 Å². The minimum Gasteiger partial charge on any atom is -0.392 e. The molecular formula is C59H106N18O14. The number of aliphatic hydroxyl groups excluding tert-OH is 4. The number of imidazole rings is 1. The van der Waals surface area contributed by atoms with Crippen LogP contribution in [0.1, 0.15) is 141 Å². The van der Waals surface area contributed by atoms with Crippen LogP contribution in [-0.4, -0.2) is 213 Å². The SMILES string of the molecule is CCCCCNC(=O)C(CCC(O)CN)CC(=O)/C(=C/CCN=C(N)N)NC(=O)C(CCC(O)CN)CC(=O)C(Cc1cnc[nH]1)NC(=O)C1CCCN1C(=O)C(CCCN)NC(=O)CCC(=O)C(NC(=O)C(CC(=O)C(N)CCCCN)C(O)CN)C(O)CN. The lowest BCUT2D eigenvalue weighted by Gasteiger charge is -2.30. The van der Waals surface area contributed by atoms with Gasteiger partial charge in [-0.25, -0.2) is 4.98 Å². The molecule has 1 aromatic heterocycles. The number of guanidine groups is 1. The first-order valence-corrected chi connectivity index (χ1v) is 31.7. The molecule has 12 atom stereocenters. The second-order valence-electron chi connectivity index (χ2n) is 23.1. The number of nitrogens with zero attached hydrogens (tertiary/aromatic N) is 3. The molecule has 32 nitrogen and oxygen atoms in total. The molecule has 516 valence electrons. The fourth-order valence-corrected chi connectivity index (χ4v) is 10.3. The maximum Gasteiger partial charge on any atom is 0.245 e. The Kier molecular flexibility index (Phi) is 39.5. The molecule has 12 unspecified atom stereocenters. The van der Waals surface area contributed by atoms with Gasteiger partial charge in [-0.3, -0.25) is 52.9 Å². The van der Waals surface area contributed by atoms with Gasteiger partial charge in [0, 0.05) is 108 Å². The van der Waals surface area contributed by atoms with Crippen molar-refractivity contribution in [3.8, 4) is 0 Å². The summed E-state index contributed by atoms with van der Waals surface area (Å²) in [5, 5.41) is 55.6. The van der Waals surface area contributed by atoms with Crippen molar-refractivity contribution in [1.82, 2.24) is 41.5 Å². The number of nitrogens with one attached hydrogen (secondary N) is 6. The van der Waals surface area contributed by atoms with Crippen molar-refractivity contribution in [3.63, 3.8) is 0 Å². The summed E-state index contributed by atoms with van der Waals surface area (Å²) < 4.78 is 0. The van der Waals surface area contributed by atoms with Crippen molar-refractivity contribution in [2.24, 2.45) is 74.3 Å². The summed E-state index contributed by atoms with van der Waals surface area (Å²) in [5.74, 6) is -11.1. The summed E-state index contributed by atoms with van der Waals surface area (Å²) in [7, 11) is 0. The Bertz CT molecular complexity index is 2490. The first kappa shape index (κ1) is 80.4. The number of aromatic nitrogens is 2. The van der Waals surface area contributed by atoms with Crippen LogP contribution in [0.4, 0.5) is 0 Å². The fourth-order valence-electron chi connectivity index (χ4n) is 10.3. The molecule has 6 amide bonds. The van der Waals surface area contributed by atoms with E-state index < -0.39 is 176 Å². The van der Waals surface area contributed by atoms with E-state index in [-0.39, 0.29) is 109 Å². The van der Waals surface area contributed by atoms with Gasteiger partial charge in [-0.2, -0.15) is 0 Å². The molecule has 1 saturated heterocycles. The first-order chi connectivity index (χ1) is 43.4. The van der Waals surface area contributed by atoms with Crippen molar-refractivity contribution < 1.29 is 68.4 Å². The largest absolute Gasteiger partial charge is 0.392 e. The third-order valence-corrected chi connectivity index (χ3v) is 15.8. The number of likely N-dealkylation sites (tertiary alicyclic amines) is 1. The maximum atomic E-state index is 14.7. The van der Waals surface area contributed by atoms with Crippen molar-refractivity contribution in [2.75, 3.05) is 58.9 Å². The van der Waals surface area contributed by atoms with Gasteiger partial charge in [-0.15, -0.1) is 0 Å². The lowest BCUT2D eigenvalue weighted by Crippen LogP contribution is -2.56. The van der Waals surface area contributed by atoms with Gasteiger partial charge in [0.1, 0.15) is 23.9 Å². The van der Waals surface area contributed by atoms with Gasteiger partial charge in [-0.05, 0) is 90.1 Å². The smallest absolute Gasteiger partial charge is 0.245 e. The molecule has 1 aliphatic rings. The highest BCUT2D eigenvalue weighted by Crippen LogP contribution is 2.24. The van der Waals surface area contributed by atoms with Crippen LogP contribution < -0.4 is 78.2 Å². The van der Waals surface area contributed by atoms with E-state index in [4.69, 9.17) is 51.6 Å². The zero-order chi connectivity index (χ0) is 68.0. The molecule has 28 N–H and O–H groups in total. The van der Waals surface area contributed by atoms with Crippen LogP contribution in [-0.2, 0) is 54.4 Å². The number of ketones is 4. The highest BCUT2D eigenvalue weighted by molar-refractivity contribution is 6.02. The third-order valence-electron chi connectivity index (χ3n) is 15.8. The number of H-pyrrole nitrogens is 1. The van der Waals surface area contributed by atoms with Gasteiger partial charge in [-0.1, -0.05) is 32.3 Å². The zero-order valence-corrected chi connectivity index (χ0v) is 52.8. The standard InChI is InChI=1S/C59H106N18O14/c1-2-3-6-22-70-54(87)35(14-16-38(78)29-62)25-48(82)42(12-8-23-71-59(67)68)74-55(88)36(15-17-39(79)30-63)26-49(83)44(27-37-33-69-34-72-37)75-57(90)45-13-9-24-77(45)58(91)43(11-7-21-61)73-52(86)19-18-46(80)53(51(85)32-65)76-56(89)40(50(84)31-64)28-47(81)41(66)10-4-5-20-60/h12,33-36,38-41,43-45,50-51,53,78-79,84-85H,2-11,13-32,60-66H2,1H3,(H,69,72)(H,70,87)(H,73,86)(H,74,88)(H,75,90)(H,76,89)(H4,67,68,71)/b42-12-. The zero-order valence-electron chi connectivity index (χ0n) is 52.8. The van der Waals surface area contributed by atoms with E-state index in [9.17, 15) is 68.4 Å². The molecule has 0 saturated carbocycles. The summed E-state index contributed by atoms with van der Waals surface area (Å²) in [6.07, 6.45) is 0.732. The Morgan fingerprint density at radius 2 is 1.36 bits per heavy atom. The Morgan fingerprint density at radius 1 is 0.703 bits per heavy atom. The molecule has 1 fully saturated rings. The van der Waals surface area contributed by atoms with Crippen LogP contribution in [0, 0.1) is 17.8 Å².